The Hall–Kier alpha value is -2.73. The average Bonchev–Trinajstić information content (AvgIpc) is 3.16. The maximum Gasteiger partial charge on any atom is 0.303 e. The Morgan fingerprint density at radius 1 is 1.14 bits per heavy atom. The van der Waals surface area contributed by atoms with Gasteiger partial charge in [-0.3, -0.25) is 4.79 Å². The van der Waals surface area contributed by atoms with Gasteiger partial charge in [0.2, 0.25) is 0 Å². The van der Waals surface area contributed by atoms with Gasteiger partial charge in [-0.1, -0.05) is 43.2 Å². The smallest absolute Gasteiger partial charge is 0.303 e. The lowest BCUT2D eigenvalue weighted by atomic mass is 9.78. The van der Waals surface area contributed by atoms with Gasteiger partial charge in [0.05, 0.1) is 6.10 Å². The number of aryl methyl sites for hydroxylation is 1. The second kappa shape index (κ2) is 8.10. The van der Waals surface area contributed by atoms with Crippen LogP contribution in [0.25, 0.3) is 22.2 Å². The van der Waals surface area contributed by atoms with Crippen LogP contribution in [0.5, 0.6) is 0 Å². The number of fused-ring (bicyclic) bond motifs is 1. The predicted molar refractivity (Wildman–Crippen MR) is 107 cm³/mol. The minimum atomic E-state index is -0.767. The Kier molecular flexibility index (Phi) is 5.39. The number of benzene rings is 2. The first-order chi connectivity index (χ1) is 13.6. The number of aliphatic hydroxyl groups is 1. The number of aromatic amines is 1. The molecule has 3 aromatic rings. The lowest BCUT2D eigenvalue weighted by Gasteiger charge is -2.29. The van der Waals surface area contributed by atoms with E-state index in [1.165, 1.54) is 0 Å². The van der Waals surface area contributed by atoms with Crippen molar-refractivity contribution in [2.24, 2.45) is 0 Å². The largest absolute Gasteiger partial charge is 0.481 e. The van der Waals surface area contributed by atoms with Crippen molar-refractivity contribution >= 4 is 17.0 Å². The lowest BCUT2D eigenvalue weighted by molar-refractivity contribution is -0.137. The van der Waals surface area contributed by atoms with Crippen molar-refractivity contribution in [2.45, 2.75) is 57.0 Å². The minimum absolute atomic E-state index is 0.0977. The molecule has 6 heteroatoms. The van der Waals surface area contributed by atoms with Crippen LogP contribution in [0.3, 0.4) is 0 Å². The highest BCUT2D eigenvalue weighted by Gasteiger charge is 2.28. The Balaban J connectivity index is 1.75. The van der Waals surface area contributed by atoms with Crippen LogP contribution in [0.2, 0.25) is 0 Å². The molecule has 2 unspecified atom stereocenters. The Bertz CT molecular complexity index is 982. The summed E-state index contributed by atoms with van der Waals surface area (Å²) in [4.78, 5) is 10.8. The topological polar surface area (TPSA) is 99.1 Å². The van der Waals surface area contributed by atoms with Gasteiger partial charge in [0.1, 0.15) is 11.0 Å². The van der Waals surface area contributed by atoms with Gasteiger partial charge >= 0.3 is 5.97 Å². The summed E-state index contributed by atoms with van der Waals surface area (Å²) in [6, 6.07) is 12.3. The molecule has 6 nitrogen and oxygen atoms in total. The van der Waals surface area contributed by atoms with Crippen molar-refractivity contribution in [1.29, 1.82) is 0 Å². The standard InChI is InChI=1S/C22H25N3O3/c26-19-9-2-1-8-16(19)17-11-12-18-22(24-25-23-18)21(17)15-7-3-5-14(13-15)6-4-10-20(27)28/h3,5,7,11-13,16,19,26H,1-2,4,6,8-10H2,(H,27,28)(H,23,24,25). The molecule has 0 spiro atoms. The fraction of sp³-hybridized carbons (Fsp3) is 0.409. The van der Waals surface area contributed by atoms with Gasteiger partial charge in [0.15, 0.2) is 0 Å². The van der Waals surface area contributed by atoms with Gasteiger partial charge in [0, 0.05) is 17.9 Å². The third kappa shape index (κ3) is 3.78. The van der Waals surface area contributed by atoms with E-state index in [0.29, 0.717) is 6.42 Å². The van der Waals surface area contributed by atoms with Gasteiger partial charge in [-0.15, -0.1) is 0 Å². The summed E-state index contributed by atoms with van der Waals surface area (Å²) in [6.45, 7) is 0. The summed E-state index contributed by atoms with van der Waals surface area (Å²) in [7, 11) is 0. The summed E-state index contributed by atoms with van der Waals surface area (Å²) >= 11 is 0. The number of aromatic nitrogens is 3. The van der Waals surface area contributed by atoms with Crippen molar-refractivity contribution in [2.75, 3.05) is 0 Å². The highest BCUT2D eigenvalue weighted by atomic mass is 16.4. The molecule has 1 saturated carbocycles. The van der Waals surface area contributed by atoms with Crippen molar-refractivity contribution in [3.63, 3.8) is 0 Å². The van der Waals surface area contributed by atoms with Crippen molar-refractivity contribution in [3.8, 4) is 11.1 Å². The van der Waals surface area contributed by atoms with Gasteiger partial charge in [-0.2, -0.15) is 15.4 Å². The molecule has 2 atom stereocenters. The molecule has 3 N–H and O–H groups in total. The zero-order valence-corrected chi connectivity index (χ0v) is 15.8. The molecule has 0 bridgehead atoms. The molecule has 1 fully saturated rings. The van der Waals surface area contributed by atoms with E-state index in [1.54, 1.807) is 0 Å². The van der Waals surface area contributed by atoms with E-state index in [2.05, 4.69) is 33.6 Å². The van der Waals surface area contributed by atoms with E-state index in [-0.39, 0.29) is 18.4 Å². The molecule has 1 aliphatic rings. The third-order valence-electron chi connectivity index (χ3n) is 5.72. The summed E-state index contributed by atoms with van der Waals surface area (Å²) in [5, 5.41) is 30.9. The number of hydrogen-bond acceptors (Lipinski definition) is 4. The van der Waals surface area contributed by atoms with Gasteiger partial charge in [0.25, 0.3) is 0 Å². The molecule has 1 aliphatic carbocycles. The maximum absolute atomic E-state index is 10.8. The molecule has 4 rings (SSSR count). The number of rotatable bonds is 6. The Morgan fingerprint density at radius 3 is 2.82 bits per heavy atom. The van der Waals surface area contributed by atoms with E-state index < -0.39 is 5.97 Å². The molecule has 28 heavy (non-hydrogen) atoms. The average molecular weight is 379 g/mol. The number of carboxylic acids is 1. The summed E-state index contributed by atoms with van der Waals surface area (Å²) in [5.74, 6) is -0.669. The number of carboxylic acid groups (broad SMARTS) is 1. The quantitative estimate of drug-likeness (QED) is 0.600. The van der Waals surface area contributed by atoms with Crippen LogP contribution in [-0.2, 0) is 11.2 Å². The first kappa shape index (κ1) is 18.6. The van der Waals surface area contributed by atoms with Crippen LogP contribution in [-0.4, -0.2) is 37.7 Å². The molecule has 0 radical (unpaired) electrons. The zero-order valence-electron chi connectivity index (χ0n) is 15.8. The predicted octanol–water partition coefficient (Wildman–Crippen LogP) is 4.05. The van der Waals surface area contributed by atoms with Gasteiger partial charge < -0.3 is 10.2 Å². The fourth-order valence-corrected chi connectivity index (χ4v) is 4.34. The second-order valence-electron chi connectivity index (χ2n) is 7.63. The molecular formula is C22H25N3O3. The fourth-order valence-electron chi connectivity index (χ4n) is 4.34. The first-order valence-electron chi connectivity index (χ1n) is 9.96. The molecule has 2 aromatic carbocycles. The summed E-state index contributed by atoms with van der Waals surface area (Å²) < 4.78 is 0. The normalized spacial score (nSPS) is 19.8. The first-order valence-corrected chi connectivity index (χ1v) is 9.96. The third-order valence-corrected chi connectivity index (χ3v) is 5.72. The van der Waals surface area contributed by atoms with Crippen molar-refractivity contribution in [1.82, 2.24) is 15.4 Å². The molecule has 0 saturated heterocycles. The molecule has 0 amide bonds. The van der Waals surface area contributed by atoms with E-state index >= 15 is 0 Å². The highest BCUT2D eigenvalue weighted by molar-refractivity contribution is 5.93. The van der Waals surface area contributed by atoms with Crippen LogP contribution in [0.1, 0.15) is 55.6 Å². The zero-order chi connectivity index (χ0) is 19.5. The Morgan fingerprint density at radius 2 is 2.00 bits per heavy atom. The van der Waals surface area contributed by atoms with Crippen LogP contribution < -0.4 is 0 Å². The number of nitrogens with zero attached hydrogens (tertiary/aromatic N) is 2. The molecule has 0 aliphatic heterocycles. The molecule has 1 aromatic heterocycles. The molecule has 146 valence electrons. The van der Waals surface area contributed by atoms with Crippen LogP contribution in [0, 0.1) is 0 Å². The van der Waals surface area contributed by atoms with E-state index in [9.17, 15) is 9.90 Å². The summed E-state index contributed by atoms with van der Waals surface area (Å²) in [6.07, 6.45) is 5.15. The maximum atomic E-state index is 10.8. The number of carbonyl (C=O) groups is 1. The number of hydrogen-bond donors (Lipinski definition) is 3. The van der Waals surface area contributed by atoms with Crippen molar-refractivity contribution in [3.05, 3.63) is 47.5 Å². The highest BCUT2D eigenvalue weighted by Crippen LogP contribution is 2.41. The summed E-state index contributed by atoms with van der Waals surface area (Å²) in [5.41, 5.74) is 5.92. The van der Waals surface area contributed by atoms with Crippen LogP contribution in [0.4, 0.5) is 0 Å². The van der Waals surface area contributed by atoms with Crippen LogP contribution in [0.15, 0.2) is 36.4 Å². The second-order valence-corrected chi connectivity index (χ2v) is 7.63. The number of aliphatic hydroxyl groups excluding tert-OH is 1. The van der Waals surface area contributed by atoms with Crippen molar-refractivity contribution < 1.29 is 15.0 Å². The van der Waals surface area contributed by atoms with Gasteiger partial charge in [-0.05, 0) is 48.4 Å². The van der Waals surface area contributed by atoms with E-state index in [0.717, 1.165) is 65.4 Å². The van der Waals surface area contributed by atoms with Crippen LogP contribution >= 0.6 is 0 Å². The minimum Gasteiger partial charge on any atom is -0.481 e. The number of H-pyrrole nitrogens is 1. The lowest BCUT2D eigenvalue weighted by Crippen LogP contribution is -2.23. The van der Waals surface area contributed by atoms with E-state index in [1.807, 2.05) is 18.2 Å². The van der Waals surface area contributed by atoms with Gasteiger partial charge in [-0.25, -0.2) is 0 Å². The SMILES string of the molecule is O=C(O)CCCc1cccc(-c2c(C3CCCCC3O)ccc3n[nH]nc23)c1. The number of aliphatic carboxylic acids is 1. The monoisotopic (exact) mass is 379 g/mol. The molecular weight excluding hydrogens is 354 g/mol. The number of nitrogens with one attached hydrogen (secondary N) is 1. The van der Waals surface area contributed by atoms with E-state index in [4.69, 9.17) is 5.11 Å². The Labute approximate surface area is 163 Å². The molecule has 1 heterocycles.